The number of hydrogen-bond donors (Lipinski definition) is 0. The largest absolute Gasteiger partial charge is 0.371 e. The maximum atomic E-state index is 13.9. The zero-order chi connectivity index (χ0) is 24.5. The molecule has 0 radical (unpaired) electrons. The van der Waals surface area contributed by atoms with Crippen LogP contribution < -0.4 is 0 Å². The third kappa shape index (κ3) is 4.40. The van der Waals surface area contributed by atoms with Crippen LogP contribution in [0.1, 0.15) is 28.4 Å². The molecular formula is C25H26FN7O2. The lowest BCUT2D eigenvalue weighted by molar-refractivity contribution is -0.139. The number of benzene rings is 2. The summed E-state index contributed by atoms with van der Waals surface area (Å²) in [5.74, 6) is -0.416. The number of aromatic nitrogens is 4. The Hall–Kier alpha value is -3.68. The standard InChI is InChI=1S/C25H26FN7O2/c1-16-18(5-4-6-22(16)33-15-28-29-30-33)11-24(34)32-10-9-31-13-23(35-14-19(31)12-32)20-7-8-21(26)25(27-3)17(20)2/h4-8,15,19,23H,9-14H2,1-2H3/t19-,23-/m1/s1. The summed E-state index contributed by atoms with van der Waals surface area (Å²) in [5.41, 5.74) is 4.33. The molecule has 3 heterocycles. The minimum atomic E-state index is -0.499. The zero-order valence-electron chi connectivity index (χ0n) is 19.7. The van der Waals surface area contributed by atoms with Gasteiger partial charge in [0, 0.05) is 26.2 Å². The van der Waals surface area contributed by atoms with E-state index >= 15 is 0 Å². The van der Waals surface area contributed by atoms with E-state index in [-0.39, 0.29) is 23.7 Å². The summed E-state index contributed by atoms with van der Waals surface area (Å²) in [6, 6.07) is 8.98. The molecule has 9 nitrogen and oxygen atoms in total. The molecule has 0 saturated carbocycles. The lowest BCUT2D eigenvalue weighted by atomic mass is 9.98. The van der Waals surface area contributed by atoms with Crippen molar-refractivity contribution in [2.45, 2.75) is 32.4 Å². The van der Waals surface area contributed by atoms with Gasteiger partial charge in [-0.2, -0.15) is 0 Å². The first kappa shape index (κ1) is 23.1. The van der Waals surface area contributed by atoms with Gasteiger partial charge < -0.3 is 9.64 Å². The Morgan fingerprint density at radius 1 is 1.20 bits per heavy atom. The maximum Gasteiger partial charge on any atom is 0.227 e. The van der Waals surface area contributed by atoms with Crippen molar-refractivity contribution >= 4 is 11.6 Å². The summed E-state index contributed by atoms with van der Waals surface area (Å²) < 4.78 is 21.7. The molecule has 2 aliphatic rings. The van der Waals surface area contributed by atoms with Gasteiger partial charge in [0.15, 0.2) is 0 Å². The number of piperazine rings is 1. The third-order valence-electron chi connectivity index (χ3n) is 7.08. The molecule has 0 N–H and O–H groups in total. The van der Waals surface area contributed by atoms with Gasteiger partial charge in [-0.05, 0) is 58.7 Å². The highest BCUT2D eigenvalue weighted by Crippen LogP contribution is 2.34. The number of nitrogens with zero attached hydrogens (tertiary/aromatic N) is 7. The second kappa shape index (κ2) is 9.52. The van der Waals surface area contributed by atoms with Gasteiger partial charge in [0.1, 0.15) is 12.1 Å². The van der Waals surface area contributed by atoms with Gasteiger partial charge in [-0.1, -0.05) is 18.2 Å². The topological polar surface area (TPSA) is 80.7 Å². The van der Waals surface area contributed by atoms with Crippen LogP contribution in [0.3, 0.4) is 0 Å². The molecule has 1 amide bonds. The molecule has 0 unspecified atom stereocenters. The number of ether oxygens (including phenoxy) is 1. The van der Waals surface area contributed by atoms with Crippen LogP contribution in [0.25, 0.3) is 10.5 Å². The lowest BCUT2D eigenvalue weighted by Gasteiger charge is -2.46. The number of rotatable bonds is 4. The Bertz CT molecular complexity index is 1290. The van der Waals surface area contributed by atoms with Crippen molar-refractivity contribution in [2.75, 3.05) is 32.8 Å². The van der Waals surface area contributed by atoms with E-state index in [2.05, 4.69) is 25.3 Å². The Morgan fingerprint density at radius 3 is 2.83 bits per heavy atom. The fraction of sp³-hybridized carbons (Fsp3) is 0.400. The zero-order valence-corrected chi connectivity index (χ0v) is 19.7. The molecule has 1 aromatic heterocycles. The van der Waals surface area contributed by atoms with Crippen molar-refractivity contribution in [2.24, 2.45) is 0 Å². The van der Waals surface area contributed by atoms with Crippen molar-refractivity contribution < 1.29 is 13.9 Å². The second-order valence-corrected chi connectivity index (χ2v) is 9.02. The predicted octanol–water partition coefficient (Wildman–Crippen LogP) is 2.80. The molecule has 2 saturated heterocycles. The molecule has 0 aliphatic carbocycles. The monoisotopic (exact) mass is 475 g/mol. The Labute approximate surface area is 202 Å². The molecule has 180 valence electrons. The third-order valence-corrected chi connectivity index (χ3v) is 7.08. The van der Waals surface area contributed by atoms with Gasteiger partial charge in [0.05, 0.1) is 37.4 Å². The number of tetrazole rings is 1. The van der Waals surface area contributed by atoms with E-state index in [0.717, 1.165) is 28.9 Å². The summed E-state index contributed by atoms with van der Waals surface area (Å²) in [7, 11) is 0. The van der Waals surface area contributed by atoms with E-state index in [1.54, 1.807) is 24.0 Å². The number of carbonyl (C=O) groups excluding carboxylic acids is 1. The molecule has 2 aliphatic heterocycles. The Kier molecular flexibility index (Phi) is 6.28. The summed E-state index contributed by atoms with van der Waals surface area (Å²) in [6.45, 7) is 14.1. The van der Waals surface area contributed by atoms with Gasteiger partial charge in [0.25, 0.3) is 0 Å². The summed E-state index contributed by atoms with van der Waals surface area (Å²) in [5, 5.41) is 11.3. The molecule has 2 aromatic carbocycles. The molecule has 5 rings (SSSR count). The van der Waals surface area contributed by atoms with Gasteiger partial charge >= 0.3 is 0 Å². The van der Waals surface area contributed by atoms with E-state index in [1.165, 1.54) is 6.07 Å². The van der Waals surface area contributed by atoms with Crippen LogP contribution in [-0.2, 0) is 16.0 Å². The number of hydrogen-bond acceptors (Lipinski definition) is 6. The van der Waals surface area contributed by atoms with Gasteiger partial charge in [0.2, 0.25) is 11.6 Å². The minimum Gasteiger partial charge on any atom is -0.371 e. The second-order valence-electron chi connectivity index (χ2n) is 9.02. The average Bonchev–Trinajstić information content (AvgIpc) is 3.40. The molecule has 0 spiro atoms. The maximum absolute atomic E-state index is 13.9. The molecule has 0 bridgehead atoms. The highest BCUT2D eigenvalue weighted by Gasteiger charge is 2.36. The Morgan fingerprint density at radius 2 is 2.06 bits per heavy atom. The first-order valence-electron chi connectivity index (χ1n) is 11.6. The van der Waals surface area contributed by atoms with Crippen LogP contribution in [-0.4, -0.2) is 74.7 Å². The number of amides is 1. The molecule has 3 aromatic rings. The van der Waals surface area contributed by atoms with Crippen LogP contribution in [0.5, 0.6) is 0 Å². The van der Waals surface area contributed by atoms with E-state index < -0.39 is 5.82 Å². The van der Waals surface area contributed by atoms with Crippen molar-refractivity contribution in [1.82, 2.24) is 30.0 Å². The highest BCUT2D eigenvalue weighted by molar-refractivity contribution is 5.79. The first-order chi connectivity index (χ1) is 17.0. The number of fused-ring (bicyclic) bond motifs is 1. The fourth-order valence-electron chi connectivity index (χ4n) is 5.02. The molecule has 10 heteroatoms. The van der Waals surface area contributed by atoms with Crippen LogP contribution in [0.4, 0.5) is 10.1 Å². The Balaban J connectivity index is 1.24. The molecule has 2 atom stereocenters. The minimum absolute atomic E-state index is 0.0584. The predicted molar refractivity (Wildman–Crippen MR) is 126 cm³/mol. The van der Waals surface area contributed by atoms with Gasteiger partial charge in [-0.25, -0.2) is 13.9 Å². The van der Waals surface area contributed by atoms with E-state index in [0.29, 0.717) is 38.2 Å². The lowest BCUT2D eigenvalue weighted by Crippen LogP contribution is -2.59. The van der Waals surface area contributed by atoms with Crippen LogP contribution in [0.15, 0.2) is 36.7 Å². The highest BCUT2D eigenvalue weighted by atomic mass is 19.1. The van der Waals surface area contributed by atoms with Crippen LogP contribution in [0.2, 0.25) is 0 Å². The number of carbonyl (C=O) groups is 1. The van der Waals surface area contributed by atoms with Crippen molar-refractivity contribution in [3.63, 3.8) is 0 Å². The molecule has 35 heavy (non-hydrogen) atoms. The van der Waals surface area contributed by atoms with Gasteiger partial charge in [-0.15, -0.1) is 5.10 Å². The SMILES string of the molecule is [C-]#[N+]c1c(F)ccc([C@H]2CN3CCN(C(=O)Cc4cccc(-n5cnnn5)c4C)C[C@@H]3CO2)c1C. The average molecular weight is 476 g/mol. The van der Waals surface area contributed by atoms with E-state index in [4.69, 9.17) is 11.3 Å². The van der Waals surface area contributed by atoms with E-state index in [1.807, 2.05) is 30.0 Å². The van der Waals surface area contributed by atoms with Crippen LogP contribution in [0, 0.1) is 26.2 Å². The quantitative estimate of drug-likeness (QED) is 0.540. The van der Waals surface area contributed by atoms with E-state index in [9.17, 15) is 9.18 Å². The van der Waals surface area contributed by atoms with Crippen LogP contribution >= 0.6 is 0 Å². The first-order valence-corrected chi connectivity index (χ1v) is 11.6. The fourth-order valence-corrected chi connectivity index (χ4v) is 5.02. The molecular weight excluding hydrogens is 449 g/mol. The van der Waals surface area contributed by atoms with Crippen molar-refractivity contribution in [3.05, 3.63) is 76.1 Å². The molecule has 2 fully saturated rings. The van der Waals surface area contributed by atoms with Crippen molar-refractivity contribution in [1.29, 1.82) is 0 Å². The summed E-state index contributed by atoms with van der Waals surface area (Å²) in [6.07, 6.45) is 1.64. The summed E-state index contributed by atoms with van der Waals surface area (Å²) in [4.78, 5) is 20.8. The summed E-state index contributed by atoms with van der Waals surface area (Å²) >= 11 is 0. The normalized spacial score (nSPS) is 20.3. The smallest absolute Gasteiger partial charge is 0.227 e. The number of halogens is 1. The van der Waals surface area contributed by atoms with Gasteiger partial charge in [-0.3, -0.25) is 9.69 Å². The van der Waals surface area contributed by atoms with Crippen molar-refractivity contribution in [3.8, 4) is 5.69 Å². The number of morpholine rings is 1.